The molecule has 0 spiro atoms. The third kappa shape index (κ3) is 2.61. The largest absolute Gasteiger partial charge is 0.338 e. The molecule has 4 aliphatic rings. The van der Waals surface area contributed by atoms with Gasteiger partial charge in [0, 0.05) is 31.1 Å². The molecule has 2 aliphatic carbocycles. The maximum atomic E-state index is 14.5. The molecule has 8 heteroatoms. The number of halogens is 3. The standard InChI is InChI=1S/C25H27F3N4O/c1-24(2)16-6-8-25(24,23-20(12-32(23)13-33)31-9-7-14(26)11-31)22-15(16)10-19(29-30-22)21-17(27)4-3-5-18(21)28/h3-5,10,13-14,16,20,23H,6-9,11-12H2,1-2H3/t14-,16+,20?,23?,25+/m0/s1. The highest BCUT2D eigenvalue weighted by Gasteiger charge is 2.71. The second-order valence-electron chi connectivity index (χ2n) is 10.6. The number of likely N-dealkylation sites (tertiary alicyclic amines) is 2. The van der Waals surface area contributed by atoms with Gasteiger partial charge < -0.3 is 4.90 Å². The summed E-state index contributed by atoms with van der Waals surface area (Å²) in [6.07, 6.45) is 2.37. The highest BCUT2D eigenvalue weighted by molar-refractivity contribution is 5.64. The lowest BCUT2D eigenvalue weighted by molar-refractivity contribution is -0.141. The molecule has 174 valence electrons. The first-order valence-electron chi connectivity index (χ1n) is 11.7. The molecule has 2 unspecified atom stereocenters. The smallest absolute Gasteiger partial charge is 0.210 e. The number of aromatic nitrogens is 2. The first-order valence-corrected chi connectivity index (χ1v) is 11.7. The van der Waals surface area contributed by atoms with Gasteiger partial charge in [-0.3, -0.25) is 9.69 Å². The summed E-state index contributed by atoms with van der Waals surface area (Å²) in [7, 11) is 0. The minimum atomic E-state index is -0.827. The summed E-state index contributed by atoms with van der Waals surface area (Å²) < 4.78 is 42.9. The van der Waals surface area contributed by atoms with E-state index in [0.29, 0.717) is 26.1 Å². The lowest BCUT2D eigenvalue weighted by Crippen LogP contribution is -2.74. The molecule has 0 N–H and O–H groups in total. The third-order valence-corrected chi connectivity index (χ3v) is 9.08. The van der Waals surface area contributed by atoms with E-state index in [1.54, 1.807) is 6.07 Å². The number of amides is 1. The molecule has 1 amide bonds. The summed E-state index contributed by atoms with van der Waals surface area (Å²) in [4.78, 5) is 16.0. The zero-order valence-electron chi connectivity index (χ0n) is 18.8. The molecular formula is C25H27F3N4O. The van der Waals surface area contributed by atoms with Crippen LogP contribution in [0.1, 0.15) is 50.3 Å². The van der Waals surface area contributed by atoms with Gasteiger partial charge in [0.05, 0.1) is 23.0 Å². The molecule has 5 atom stereocenters. The Hall–Kier alpha value is -2.48. The van der Waals surface area contributed by atoms with Gasteiger partial charge in [0.15, 0.2) is 0 Å². The van der Waals surface area contributed by atoms with Crippen molar-refractivity contribution in [2.24, 2.45) is 5.41 Å². The van der Waals surface area contributed by atoms with Crippen LogP contribution in [0.15, 0.2) is 24.3 Å². The molecule has 2 aromatic rings. The average molecular weight is 457 g/mol. The van der Waals surface area contributed by atoms with Gasteiger partial charge in [-0.1, -0.05) is 19.9 Å². The van der Waals surface area contributed by atoms with E-state index < -0.39 is 23.2 Å². The summed E-state index contributed by atoms with van der Waals surface area (Å²) in [6, 6.07) is 5.53. The summed E-state index contributed by atoms with van der Waals surface area (Å²) in [5.41, 5.74) is 1.19. The van der Waals surface area contributed by atoms with Crippen LogP contribution >= 0.6 is 0 Å². The van der Waals surface area contributed by atoms with Crippen molar-refractivity contribution in [1.29, 1.82) is 0 Å². The highest BCUT2D eigenvalue weighted by atomic mass is 19.1. The van der Waals surface area contributed by atoms with Crippen LogP contribution in [0.4, 0.5) is 13.2 Å². The van der Waals surface area contributed by atoms with Crippen molar-refractivity contribution in [2.75, 3.05) is 19.6 Å². The molecule has 5 nitrogen and oxygen atoms in total. The van der Waals surface area contributed by atoms with E-state index in [1.807, 2.05) is 4.90 Å². The van der Waals surface area contributed by atoms with Crippen molar-refractivity contribution in [1.82, 2.24) is 20.0 Å². The topological polar surface area (TPSA) is 49.3 Å². The number of hydrogen-bond donors (Lipinski definition) is 0. The fraction of sp³-hybridized carbons (Fsp3) is 0.560. The number of alkyl halides is 1. The Morgan fingerprint density at radius 3 is 2.55 bits per heavy atom. The van der Waals surface area contributed by atoms with Gasteiger partial charge in [-0.05, 0) is 54.4 Å². The summed E-state index contributed by atoms with van der Waals surface area (Å²) in [5.74, 6) is -1.18. The Labute approximate surface area is 191 Å². The van der Waals surface area contributed by atoms with Gasteiger partial charge in [0.25, 0.3) is 0 Å². The number of rotatable bonds is 4. The summed E-state index contributed by atoms with van der Waals surface area (Å²) in [5, 5.41) is 8.88. The van der Waals surface area contributed by atoms with Crippen LogP contribution in [-0.4, -0.2) is 64.3 Å². The van der Waals surface area contributed by atoms with E-state index in [4.69, 9.17) is 0 Å². The molecule has 3 fully saturated rings. The lowest BCUT2D eigenvalue weighted by Gasteiger charge is -2.59. The van der Waals surface area contributed by atoms with Crippen LogP contribution < -0.4 is 0 Å². The molecular weight excluding hydrogens is 429 g/mol. The summed E-state index contributed by atoms with van der Waals surface area (Å²) >= 11 is 0. The molecule has 2 aliphatic heterocycles. The molecule has 2 saturated heterocycles. The van der Waals surface area contributed by atoms with Gasteiger partial charge in [-0.2, -0.15) is 10.2 Å². The lowest BCUT2D eigenvalue weighted by atomic mass is 9.59. The number of hydrogen-bond acceptors (Lipinski definition) is 4. The Morgan fingerprint density at radius 1 is 1.12 bits per heavy atom. The van der Waals surface area contributed by atoms with Crippen LogP contribution in [-0.2, 0) is 10.2 Å². The summed E-state index contributed by atoms with van der Waals surface area (Å²) in [6.45, 7) is 6.09. The average Bonchev–Trinajstić information content (AvgIpc) is 3.34. The van der Waals surface area contributed by atoms with Gasteiger partial charge in [0.1, 0.15) is 17.8 Å². The highest BCUT2D eigenvalue weighted by Crippen LogP contribution is 2.70. The van der Waals surface area contributed by atoms with Gasteiger partial charge >= 0.3 is 0 Å². The number of nitrogens with zero attached hydrogens (tertiary/aromatic N) is 4. The van der Waals surface area contributed by atoms with Crippen LogP contribution in [0.5, 0.6) is 0 Å². The number of carbonyl (C=O) groups excluding carboxylic acids is 1. The minimum absolute atomic E-state index is 0.0745. The molecule has 0 radical (unpaired) electrons. The number of benzene rings is 1. The molecule has 2 bridgehead atoms. The Morgan fingerprint density at radius 2 is 1.88 bits per heavy atom. The minimum Gasteiger partial charge on any atom is -0.338 e. The SMILES string of the molecule is CC1(C)[C@@H]2CC[C@]1(C1C(N3CC[C@H](F)C3)CN1C=O)c1nnc(-c3c(F)cccc3F)cc12. The van der Waals surface area contributed by atoms with E-state index in [9.17, 15) is 18.0 Å². The molecule has 1 aromatic carbocycles. The number of fused-ring (bicyclic) bond motifs is 5. The second kappa shape index (κ2) is 7.01. The Balaban J connectivity index is 1.47. The normalized spacial score (nSPS) is 34.4. The van der Waals surface area contributed by atoms with E-state index in [-0.39, 0.29) is 34.7 Å². The second-order valence-corrected chi connectivity index (χ2v) is 10.6. The van der Waals surface area contributed by atoms with Crippen molar-refractivity contribution in [3.63, 3.8) is 0 Å². The van der Waals surface area contributed by atoms with E-state index in [1.165, 1.54) is 18.2 Å². The van der Waals surface area contributed by atoms with Crippen LogP contribution in [0.3, 0.4) is 0 Å². The maximum Gasteiger partial charge on any atom is 0.210 e. The van der Waals surface area contributed by atoms with Gasteiger partial charge in [0.2, 0.25) is 6.41 Å². The van der Waals surface area contributed by atoms with Crippen molar-refractivity contribution in [3.05, 3.63) is 47.2 Å². The molecule has 3 heterocycles. The third-order valence-electron chi connectivity index (χ3n) is 9.08. The fourth-order valence-corrected chi connectivity index (χ4v) is 7.48. The first-order chi connectivity index (χ1) is 15.8. The van der Waals surface area contributed by atoms with Crippen molar-refractivity contribution >= 4 is 6.41 Å². The maximum absolute atomic E-state index is 14.5. The predicted octanol–water partition coefficient (Wildman–Crippen LogP) is 3.83. The van der Waals surface area contributed by atoms with E-state index >= 15 is 0 Å². The number of carbonyl (C=O) groups is 1. The van der Waals surface area contributed by atoms with Crippen LogP contribution in [0, 0.1) is 17.0 Å². The fourth-order valence-electron chi connectivity index (χ4n) is 7.48. The zero-order chi connectivity index (χ0) is 23.1. The monoisotopic (exact) mass is 456 g/mol. The van der Waals surface area contributed by atoms with Crippen LogP contribution in [0.25, 0.3) is 11.3 Å². The van der Waals surface area contributed by atoms with E-state index in [2.05, 4.69) is 28.9 Å². The first kappa shape index (κ1) is 21.1. The molecule has 1 saturated carbocycles. The van der Waals surface area contributed by atoms with Gasteiger partial charge in [-0.15, -0.1) is 0 Å². The van der Waals surface area contributed by atoms with E-state index in [0.717, 1.165) is 30.5 Å². The quantitative estimate of drug-likeness (QED) is 0.657. The Kier molecular flexibility index (Phi) is 4.48. The van der Waals surface area contributed by atoms with Gasteiger partial charge in [-0.25, -0.2) is 13.2 Å². The molecule has 33 heavy (non-hydrogen) atoms. The van der Waals surface area contributed by atoms with Crippen LogP contribution in [0.2, 0.25) is 0 Å². The predicted molar refractivity (Wildman–Crippen MR) is 116 cm³/mol. The van der Waals surface area contributed by atoms with Crippen molar-refractivity contribution < 1.29 is 18.0 Å². The molecule has 1 aromatic heterocycles. The van der Waals surface area contributed by atoms with Crippen molar-refractivity contribution in [3.8, 4) is 11.3 Å². The molecule has 6 rings (SSSR count). The van der Waals surface area contributed by atoms with Crippen molar-refractivity contribution in [2.45, 2.75) is 62.7 Å². The zero-order valence-corrected chi connectivity index (χ0v) is 18.8. The Bertz CT molecular complexity index is 1120.